The fourth-order valence-corrected chi connectivity index (χ4v) is 2.93. The highest BCUT2D eigenvalue weighted by molar-refractivity contribution is 9.10. The van der Waals surface area contributed by atoms with E-state index in [0.29, 0.717) is 17.3 Å². The minimum absolute atomic E-state index is 0.284. The molecule has 0 heterocycles. The third kappa shape index (κ3) is 4.93. The second kappa shape index (κ2) is 8.11. The van der Waals surface area contributed by atoms with E-state index in [9.17, 15) is 19.2 Å². The van der Waals surface area contributed by atoms with Gasteiger partial charge >= 0.3 is 5.97 Å². The summed E-state index contributed by atoms with van der Waals surface area (Å²) in [5, 5.41) is 11.8. The van der Waals surface area contributed by atoms with E-state index >= 15 is 0 Å². The van der Waals surface area contributed by atoms with Gasteiger partial charge in [0.1, 0.15) is 17.1 Å². The van der Waals surface area contributed by atoms with E-state index in [1.54, 1.807) is 0 Å². The molecule has 0 radical (unpaired) electrons. The van der Waals surface area contributed by atoms with Crippen LogP contribution in [-0.4, -0.2) is 30.6 Å². The number of hydrogen-bond donors (Lipinski definition) is 1. The number of amides is 1. The standard InChI is InChI=1S/C16H16BrFN2O4/c17-12-7-11(18)3-4-13(12)23-9-15(22)24-8-14(21)20-16(10-19)5-1-2-6-16/h3-4,7H,1-2,5-6,8-9H2,(H,20,21). The van der Waals surface area contributed by atoms with Crippen molar-refractivity contribution < 1.29 is 23.5 Å². The molecule has 0 atom stereocenters. The first-order valence-corrected chi connectivity index (χ1v) is 8.19. The van der Waals surface area contributed by atoms with Crippen molar-refractivity contribution in [3.63, 3.8) is 0 Å². The van der Waals surface area contributed by atoms with Gasteiger partial charge in [0.15, 0.2) is 13.2 Å². The van der Waals surface area contributed by atoms with Crippen molar-refractivity contribution in [1.29, 1.82) is 5.26 Å². The molecule has 0 unspecified atom stereocenters. The van der Waals surface area contributed by atoms with Gasteiger partial charge in [0, 0.05) is 0 Å². The second-order valence-corrected chi connectivity index (χ2v) is 6.33. The number of carbonyl (C=O) groups excluding carboxylic acids is 2. The summed E-state index contributed by atoms with van der Waals surface area (Å²) in [6.45, 7) is -0.892. The zero-order valence-electron chi connectivity index (χ0n) is 12.8. The Balaban J connectivity index is 1.74. The van der Waals surface area contributed by atoms with Crippen molar-refractivity contribution in [3.8, 4) is 11.8 Å². The van der Waals surface area contributed by atoms with Crippen molar-refractivity contribution in [3.05, 3.63) is 28.5 Å². The Morgan fingerprint density at radius 2 is 2.04 bits per heavy atom. The highest BCUT2D eigenvalue weighted by atomic mass is 79.9. The van der Waals surface area contributed by atoms with Crippen molar-refractivity contribution in [2.24, 2.45) is 0 Å². The number of ether oxygens (including phenoxy) is 2. The fraction of sp³-hybridized carbons (Fsp3) is 0.438. The van der Waals surface area contributed by atoms with Gasteiger partial charge in [-0.25, -0.2) is 9.18 Å². The molecule has 1 saturated carbocycles. The van der Waals surface area contributed by atoms with Crippen molar-refractivity contribution >= 4 is 27.8 Å². The van der Waals surface area contributed by atoms with E-state index in [-0.39, 0.29) is 5.75 Å². The van der Waals surface area contributed by atoms with Crippen LogP contribution in [0.2, 0.25) is 0 Å². The SMILES string of the molecule is N#CC1(NC(=O)COC(=O)COc2ccc(F)cc2Br)CCCC1. The van der Waals surface area contributed by atoms with Gasteiger partial charge in [-0.2, -0.15) is 5.26 Å². The first-order valence-electron chi connectivity index (χ1n) is 7.40. The molecular formula is C16H16BrFN2O4. The fourth-order valence-electron chi connectivity index (χ4n) is 2.46. The smallest absolute Gasteiger partial charge is 0.344 e. The maximum Gasteiger partial charge on any atom is 0.344 e. The zero-order valence-corrected chi connectivity index (χ0v) is 14.4. The number of halogens is 2. The summed E-state index contributed by atoms with van der Waals surface area (Å²) in [5.74, 6) is -1.41. The quantitative estimate of drug-likeness (QED) is 0.743. The number of carbonyl (C=O) groups is 2. The molecule has 1 amide bonds. The summed E-state index contributed by atoms with van der Waals surface area (Å²) in [4.78, 5) is 23.4. The third-order valence-electron chi connectivity index (χ3n) is 3.65. The lowest BCUT2D eigenvalue weighted by molar-refractivity contribution is -0.150. The number of benzene rings is 1. The van der Waals surface area contributed by atoms with Crippen LogP contribution >= 0.6 is 15.9 Å². The van der Waals surface area contributed by atoms with Crippen molar-refractivity contribution in [1.82, 2.24) is 5.32 Å². The van der Waals surface area contributed by atoms with Gasteiger partial charge < -0.3 is 14.8 Å². The van der Waals surface area contributed by atoms with E-state index in [1.165, 1.54) is 18.2 Å². The summed E-state index contributed by atoms with van der Waals surface area (Å²) in [6, 6.07) is 5.89. The monoisotopic (exact) mass is 398 g/mol. The van der Waals surface area contributed by atoms with Crippen molar-refractivity contribution in [2.75, 3.05) is 13.2 Å². The summed E-state index contributed by atoms with van der Waals surface area (Å²) in [6.07, 6.45) is 2.97. The number of esters is 1. The predicted molar refractivity (Wildman–Crippen MR) is 85.5 cm³/mol. The van der Waals surface area contributed by atoms with E-state index in [1.807, 2.05) is 0 Å². The molecule has 1 aliphatic rings. The maximum atomic E-state index is 12.9. The first kappa shape index (κ1) is 18.2. The molecule has 1 aromatic carbocycles. The minimum atomic E-state index is -0.848. The molecule has 1 aromatic rings. The maximum absolute atomic E-state index is 12.9. The van der Waals surface area contributed by atoms with Gasteiger partial charge in [-0.1, -0.05) is 0 Å². The summed E-state index contributed by atoms with van der Waals surface area (Å²) in [7, 11) is 0. The molecule has 8 heteroatoms. The number of rotatable bonds is 6. The zero-order chi connectivity index (χ0) is 17.6. The third-order valence-corrected chi connectivity index (χ3v) is 4.27. The van der Waals surface area contributed by atoms with Crippen LogP contribution in [0.4, 0.5) is 4.39 Å². The topological polar surface area (TPSA) is 88.4 Å². The van der Waals surface area contributed by atoms with Crippen LogP contribution in [0.15, 0.2) is 22.7 Å². The Morgan fingerprint density at radius 3 is 2.67 bits per heavy atom. The van der Waals surface area contributed by atoms with E-state index in [2.05, 4.69) is 27.3 Å². The largest absolute Gasteiger partial charge is 0.481 e. The highest BCUT2D eigenvalue weighted by Crippen LogP contribution is 2.28. The molecule has 0 aromatic heterocycles. The Bertz CT molecular complexity index is 669. The molecular weight excluding hydrogens is 383 g/mol. The predicted octanol–water partition coefficient (Wildman–Crippen LogP) is 2.46. The molecule has 128 valence electrons. The Kier molecular flexibility index (Phi) is 6.15. The normalized spacial score (nSPS) is 15.4. The number of nitriles is 1. The Labute approximate surface area is 147 Å². The molecule has 6 nitrogen and oxygen atoms in total. The lowest BCUT2D eigenvalue weighted by atomic mass is 10.00. The molecule has 0 spiro atoms. The van der Waals surface area contributed by atoms with Gasteiger partial charge in [-0.3, -0.25) is 4.79 Å². The molecule has 24 heavy (non-hydrogen) atoms. The number of hydrogen-bond acceptors (Lipinski definition) is 5. The molecule has 0 bridgehead atoms. The van der Waals surface area contributed by atoms with Gasteiger partial charge in [-0.15, -0.1) is 0 Å². The van der Waals surface area contributed by atoms with Crippen molar-refractivity contribution in [2.45, 2.75) is 31.2 Å². The molecule has 0 aliphatic heterocycles. The van der Waals surface area contributed by atoms with Crippen LogP contribution in [0, 0.1) is 17.1 Å². The number of nitrogens with one attached hydrogen (secondary N) is 1. The highest BCUT2D eigenvalue weighted by Gasteiger charge is 2.35. The van der Waals surface area contributed by atoms with Crippen LogP contribution in [0.3, 0.4) is 0 Å². The average molecular weight is 399 g/mol. The molecule has 1 aliphatic carbocycles. The lowest BCUT2D eigenvalue weighted by Crippen LogP contribution is -2.46. The van der Waals surface area contributed by atoms with E-state index in [4.69, 9.17) is 9.47 Å². The van der Waals surface area contributed by atoms with Crippen LogP contribution in [-0.2, 0) is 14.3 Å². The van der Waals surface area contributed by atoms with Crippen LogP contribution in [0.25, 0.3) is 0 Å². The van der Waals surface area contributed by atoms with Gasteiger partial charge in [0.2, 0.25) is 0 Å². The summed E-state index contributed by atoms with van der Waals surface area (Å²) < 4.78 is 23.3. The second-order valence-electron chi connectivity index (χ2n) is 5.47. The van der Waals surface area contributed by atoms with Crippen LogP contribution < -0.4 is 10.1 Å². The molecule has 2 rings (SSSR count). The molecule has 0 saturated heterocycles. The Hall–Kier alpha value is -2.14. The minimum Gasteiger partial charge on any atom is -0.481 e. The lowest BCUT2D eigenvalue weighted by Gasteiger charge is -2.21. The van der Waals surface area contributed by atoms with Gasteiger partial charge in [0.25, 0.3) is 5.91 Å². The van der Waals surface area contributed by atoms with Gasteiger partial charge in [0.05, 0.1) is 10.5 Å². The summed E-state index contributed by atoms with van der Waals surface area (Å²) >= 11 is 3.11. The van der Waals surface area contributed by atoms with E-state index < -0.39 is 36.4 Å². The Morgan fingerprint density at radius 1 is 1.33 bits per heavy atom. The van der Waals surface area contributed by atoms with Gasteiger partial charge in [-0.05, 0) is 59.8 Å². The first-order chi connectivity index (χ1) is 11.4. The van der Waals surface area contributed by atoms with Crippen LogP contribution in [0.1, 0.15) is 25.7 Å². The molecule has 1 fully saturated rings. The summed E-state index contributed by atoms with van der Waals surface area (Å²) in [5.41, 5.74) is -0.848. The molecule has 1 N–H and O–H groups in total. The van der Waals surface area contributed by atoms with E-state index in [0.717, 1.165) is 12.8 Å². The van der Waals surface area contributed by atoms with Crippen LogP contribution in [0.5, 0.6) is 5.75 Å². The average Bonchev–Trinajstić information content (AvgIpc) is 3.01. The number of nitrogens with zero attached hydrogens (tertiary/aromatic N) is 1.